The molecule has 2 heterocycles. The first-order valence-corrected chi connectivity index (χ1v) is 6.72. The highest BCUT2D eigenvalue weighted by atomic mass is 16.2. The van der Waals surface area contributed by atoms with E-state index >= 15 is 0 Å². The number of aromatic nitrogens is 1. The molecule has 0 radical (unpaired) electrons. The largest absolute Gasteiger partial charge is 0.348 e. The third-order valence-corrected chi connectivity index (χ3v) is 3.60. The van der Waals surface area contributed by atoms with Gasteiger partial charge in [-0.1, -0.05) is 12.1 Å². The molecular weight excluding hydrogens is 266 g/mol. The first-order valence-electron chi connectivity index (χ1n) is 6.72. The molecule has 0 saturated heterocycles. The minimum atomic E-state index is -0.156. The summed E-state index contributed by atoms with van der Waals surface area (Å²) in [5.41, 5.74) is 3.47. The number of fused-ring (bicyclic) bond motifs is 1. The van der Waals surface area contributed by atoms with Crippen molar-refractivity contribution < 1.29 is 9.59 Å². The van der Waals surface area contributed by atoms with Crippen molar-refractivity contribution in [3.63, 3.8) is 0 Å². The Labute approximate surface area is 122 Å². The van der Waals surface area contributed by atoms with Crippen molar-refractivity contribution in [1.82, 2.24) is 10.3 Å². The van der Waals surface area contributed by atoms with Gasteiger partial charge in [0.2, 0.25) is 5.91 Å². The van der Waals surface area contributed by atoms with Crippen molar-refractivity contribution in [1.29, 1.82) is 0 Å². The van der Waals surface area contributed by atoms with Crippen molar-refractivity contribution in [2.45, 2.75) is 13.0 Å². The number of hydrogen-bond donors (Lipinski definition) is 1. The van der Waals surface area contributed by atoms with Gasteiger partial charge in [0.25, 0.3) is 5.91 Å². The van der Waals surface area contributed by atoms with Gasteiger partial charge in [0, 0.05) is 31.7 Å². The molecule has 0 spiro atoms. The predicted octanol–water partition coefficient (Wildman–Crippen LogP) is 1.53. The van der Waals surface area contributed by atoms with Gasteiger partial charge < -0.3 is 10.2 Å². The maximum absolute atomic E-state index is 11.9. The van der Waals surface area contributed by atoms with Crippen LogP contribution in [0.1, 0.15) is 21.5 Å². The summed E-state index contributed by atoms with van der Waals surface area (Å²) >= 11 is 0. The maximum Gasteiger partial charge on any atom is 0.253 e. The molecule has 1 aromatic heterocycles. The second-order valence-corrected chi connectivity index (χ2v) is 5.02. The van der Waals surface area contributed by atoms with E-state index in [4.69, 9.17) is 0 Å². The molecule has 0 atom stereocenters. The molecule has 0 bridgehead atoms. The fraction of sp³-hybridized carbons (Fsp3) is 0.188. The highest BCUT2D eigenvalue weighted by molar-refractivity contribution is 6.01. The van der Waals surface area contributed by atoms with E-state index in [1.807, 2.05) is 18.2 Å². The Morgan fingerprint density at radius 1 is 1.38 bits per heavy atom. The van der Waals surface area contributed by atoms with E-state index < -0.39 is 0 Å². The number of pyridine rings is 1. The molecule has 21 heavy (non-hydrogen) atoms. The van der Waals surface area contributed by atoms with E-state index in [1.54, 1.807) is 30.3 Å². The van der Waals surface area contributed by atoms with E-state index in [-0.39, 0.29) is 11.8 Å². The van der Waals surface area contributed by atoms with Crippen molar-refractivity contribution in [3.8, 4) is 0 Å². The molecular formula is C16H15N3O2. The second-order valence-electron chi connectivity index (χ2n) is 5.02. The van der Waals surface area contributed by atoms with Gasteiger partial charge in [-0.2, -0.15) is 0 Å². The van der Waals surface area contributed by atoms with Gasteiger partial charge in [-0.3, -0.25) is 14.6 Å². The number of hydrogen-bond acceptors (Lipinski definition) is 3. The van der Waals surface area contributed by atoms with Crippen LogP contribution in [-0.2, 0) is 17.8 Å². The number of rotatable bonds is 3. The zero-order valence-electron chi connectivity index (χ0n) is 11.7. The summed E-state index contributed by atoms with van der Waals surface area (Å²) in [5.74, 6) is -0.0571. The van der Waals surface area contributed by atoms with Crippen molar-refractivity contribution >= 4 is 17.5 Å². The van der Waals surface area contributed by atoms with E-state index in [1.165, 1.54) is 6.20 Å². The molecule has 0 aliphatic carbocycles. The molecule has 1 aromatic carbocycles. The molecule has 0 saturated carbocycles. The molecule has 106 valence electrons. The lowest BCUT2D eigenvalue weighted by Gasteiger charge is -2.11. The number of carbonyl (C=O) groups excluding carboxylic acids is 2. The molecule has 1 aliphatic heterocycles. The molecule has 5 heteroatoms. The van der Waals surface area contributed by atoms with Crippen LogP contribution in [0.5, 0.6) is 0 Å². The predicted molar refractivity (Wildman–Crippen MR) is 79.0 cm³/mol. The molecule has 5 nitrogen and oxygen atoms in total. The lowest BCUT2D eigenvalue weighted by atomic mass is 10.1. The summed E-state index contributed by atoms with van der Waals surface area (Å²) in [7, 11) is 1.78. The van der Waals surface area contributed by atoms with Gasteiger partial charge in [-0.15, -0.1) is 0 Å². The molecule has 2 aromatic rings. The van der Waals surface area contributed by atoms with Crippen molar-refractivity contribution in [2.24, 2.45) is 0 Å². The zero-order valence-corrected chi connectivity index (χ0v) is 11.7. The minimum Gasteiger partial charge on any atom is -0.348 e. The van der Waals surface area contributed by atoms with Crippen molar-refractivity contribution in [2.75, 3.05) is 11.9 Å². The van der Waals surface area contributed by atoms with Crippen LogP contribution in [0.25, 0.3) is 0 Å². The van der Waals surface area contributed by atoms with Crippen LogP contribution in [0.15, 0.2) is 42.7 Å². The number of carbonyl (C=O) groups is 2. The molecule has 1 aliphatic rings. The first-order chi connectivity index (χ1) is 10.1. The van der Waals surface area contributed by atoms with E-state index in [2.05, 4.69) is 10.3 Å². The lowest BCUT2D eigenvalue weighted by molar-refractivity contribution is -0.117. The Hall–Kier alpha value is -2.69. The first kappa shape index (κ1) is 13.3. The molecule has 1 N–H and O–H groups in total. The third kappa shape index (κ3) is 2.63. The average Bonchev–Trinajstić information content (AvgIpc) is 2.80. The average molecular weight is 281 g/mol. The highest BCUT2D eigenvalue weighted by Gasteiger charge is 2.23. The second kappa shape index (κ2) is 5.36. The number of anilines is 1. The van der Waals surface area contributed by atoms with Gasteiger partial charge in [0.05, 0.1) is 12.0 Å². The maximum atomic E-state index is 11.9. The normalized spacial score (nSPS) is 13.2. The summed E-state index contributed by atoms with van der Waals surface area (Å²) < 4.78 is 0. The van der Waals surface area contributed by atoms with Crippen molar-refractivity contribution in [3.05, 3.63) is 59.4 Å². The Balaban J connectivity index is 1.69. The Morgan fingerprint density at radius 2 is 2.24 bits per heavy atom. The van der Waals surface area contributed by atoms with Crippen LogP contribution in [-0.4, -0.2) is 23.8 Å². The number of amides is 2. The Bertz CT molecular complexity index is 698. The fourth-order valence-electron chi connectivity index (χ4n) is 2.41. The summed E-state index contributed by atoms with van der Waals surface area (Å²) in [6.45, 7) is 0.429. The van der Waals surface area contributed by atoms with Crippen LogP contribution in [0.2, 0.25) is 0 Å². The standard InChI is InChI=1S/C16H15N3O2/c1-19-14-5-4-11(7-13(14)8-15(19)20)9-18-16(21)12-3-2-6-17-10-12/h2-7,10H,8-9H2,1H3,(H,18,21). The SMILES string of the molecule is CN1C(=O)Cc2cc(CNC(=O)c3cccnc3)ccc21. The van der Waals surface area contributed by atoms with E-state index in [9.17, 15) is 9.59 Å². The molecule has 2 amide bonds. The quantitative estimate of drug-likeness (QED) is 0.928. The highest BCUT2D eigenvalue weighted by Crippen LogP contribution is 2.28. The summed E-state index contributed by atoms with van der Waals surface area (Å²) in [5, 5.41) is 2.85. The summed E-state index contributed by atoms with van der Waals surface area (Å²) in [4.78, 5) is 29.2. The van der Waals surface area contributed by atoms with E-state index in [0.29, 0.717) is 18.5 Å². The fourth-order valence-corrected chi connectivity index (χ4v) is 2.41. The lowest BCUT2D eigenvalue weighted by Crippen LogP contribution is -2.22. The molecule has 0 unspecified atom stereocenters. The van der Waals surface area contributed by atoms with E-state index in [0.717, 1.165) is 16.8 Å². The number of nitrogens with one attached hydrogen (secondary N) is 1. The third-order valence-electron chi connectivity index (χ3n) is 3.60. The zero-order chi connectivity index (χ0) is 14.8. The van der Waals surface area contributed by atoms with Crippen LogP contribution in [0, 0.1) is 0 Å². The monoisotopic (exact) mass is 281 g/mol. The smallest absolute Gasteiger partial charge is 0.253 e. The molecule has 0 fully saturated rings. The number of benzene rings is 1. The Morgan fingerprint density at radius 3 is 3.00 bits per heavy atom. The molecule has 3 rings (SSSR count). The van der Waals surface area contributed by atoms with Gasteiger partial charge in [-0.05, 0) is 29.3 Å². The van der Waals surface area contributed by atoms with Gasteiger partial charge in [-0.25, -0.2) is 0 Å². The van der Waals surface area contributed by atoms with Crippen LogP contribution in [0.3, 0.4) is 0 Å². The topological polar surface area (TPSA) is 62.3 Å². The number of nitrogens with zero attached hydrogens (tertiary/aromatic N) is 2. The van der Waals surface area contributed by atoms with Crippen LogP contribution in [0.4, 0.5) is 5.69 Å². The Kier molecular flexibility index (Phi) is 3.39. The summed E-state index contributed by atoms with van der Waals surface area (Å²) in [6.07, 6.45) is 3.59. The van der Waals surface area contributed by atoms with Gasteiger partial charge >= 0.3 is 0 Å². The minimum absolute atomic E-state index is 0.0987. The van der Waals surface area contributed by atoms with Gasteiger partial charge in [0.15, 0.2) is 0 Å². The number of likely N-dealkylation sites (N-methyl/N-ethyl adjacent to an activating group) is 1. The van der Waals surface area contributed by atoms with Crippen LogP contribution >= 0.6 is 0 Å². The van der Waals surface area contributed by atoms with Crippen LogP contribution < -0.4 is 10.2 Å². The van der Waals surface area contributed by atoms with Gasteiger partial charge in [0.1, 0.15) is 0 Å². The summed E-state index contributed by atoms with van der Waals surface area (Å²) in [6, 6.07) is 9.27.